The number of aromatic nitrogens is 2. The van der Waals surface area contributed by atoms with Crippen LogP contribution in [0.4, 0.5) is 11.4 Å². The van der Waals surface area contributed by atoms with Crippen LogP contribution < -0.4 is 11.0 Å². The Morgan fingerprint density at radius 3 is 2.68 bits per heavy atom. The molecule has 0 saturated carbocycles. The van der Waals surface area contributed by atoms with Crippen molar-refractivity contribution in [2.24, 2.45) is 0 Å². The number of ether oxygens (including phenoxy) is 1. The van der Waals surface area contributed by atoms with Crippen LogP contribution in [0, 0.1) is 0 Å². The Morgan fingerprint density at radius 1 is 1.18 bits per heavy atom. The molecule has 0 unspecified atom stereocenters. The molecule has 1 heterocycles. The van der Waals surface area contributed by atoms with Crippen molar-refractivity contribution in [3.8, 4) is 0 Å². The van der Waals surface area contributed by atoms with Gasteiger partial charge in [0.2, 0.25) is 0 Å². The van der Waals surface area contributed by atoms with Crippen LogP contribution in [0.3, 0.4) is 0 Å². The Labute approximate surface area is 126 Å². The minimum Gasteiger partial charge on any atom is -0.468 e. The number of carbonyl (C=O) groups is 1. The predicted octanol–water partition coefficient (Wildman–Crippen LogP) is 2.25. The van der Waals surface area contributed by atoms with Crippen LogP contribution in [-0.2, 0) is 16.1 Å². The van der Waals surface area contributed by atoms with Gasteiger partial charge in [0, 0.05) is 11.4 Å². The second kappa shape index (κ2) is 5.77. The summed E-state index contributed by atoms with van der Waals surface area (Å²) in [5, 5.41) is 3.25. The second-order valence-corrected chi connectivity index (χ2v) is 4.82. The van der Waals surface area contributed by atoms with E-state index in [2.05, 4.69) is 15.0 Å². The monoisotopic (exact) mass is 297 g/mol. The minimum absolute atomic E-state index is 0.110. The fourth-order valence-electron chi connectivity index (χ4n) is 2.28. The van der Waals surface area contributed by atoms with Gasteiger partial charge in [-0.2, -0.15) is 0 Å². The number of rotatable bonds is 4. The topological polar surface area (TPSA) is 76.1 Å². The van der Waals surface area contributed by atoms with E-state index in [0.29, 0.717) is 11.0 Å². The van der Waals surface area contributed by atoms with Gasteiger partial charge in [-0.1, -0.05) is 18.2 Å². The molecule has 0 spiro atoms. The van der Waals surface area contributed by atoms with E-state index in [4.69, 9.17) is 0 Å². The fourth-order valence-corrected chi connectivity index (χ4v) is 2.28. The largest absolute Gasteiger partial charge is 0.468 e. The van der Waals surface area contributed by atoms with Crippen LogP contribution in [0.25, 0.3) is 11.0 Å². The average Bonchev–Trinajstić information content (AvgIpc) is 2.83. The fraction of sp³-hybridized carbons (Fsp3) is 0.125. The van der Waals surface area contributed by atoms with Gasteiger partial charge in [-0.05, 0) is 30.3 Å². The summed E-state index contributed by atoms with van der Waals surface area (Å²) in [6.45, 7) is -0.110. The molecule has 2 aromatic carbocycles. The zero-order valence-electron chi connectivity index (χ0n) is 12.0. The summed E-state index contributed by atoms with van der Waals surface area (Å²) < 4.78 is 5.96. The third kappa shape index (κ3) is 2.71. The van der Waals surface area contributed by atoms with Crippen molar-refractivity contribution in [1.29, 1.82) is 0 Å². The molecule has 1 aromatic heterocycles. The number of benzene rings is 2. The first-order valence-corrected chi connectivity index (χ1v) is 6.79. The quantitative estimate of drug-likeness (QED) is 0.724. The van der Waals surface area contributed by atoms with Crippen LogP contribution in [0.2, 0.25) is 0 Å². The summed E-state index contributed by atoms with van der Waals surface area (Å²) in [7, 11) is 1.30. The number of carbonyl (C=O) groups excluding carboxylic acids is 1. The standard InChI is InChI=1S/C16H15N3O3/c1-22-15(20)10-19-14-8-7-12(9-13(14)18-16(19)21)17-11-5-3-2-4-6-11/h2-9,17H,10H2,1H3,(H,18,21). The number of hydrogen-bond acceptors (Lipinski definition) is 4. The van der Waals surface area contributed by atoms with Crippen molar-refractivity contribution < 1.29 is 9.53 Å². The molecule has 0 aliphatic carbocycles. The van der Waals surface area contributed by atoms with Crippen LogP contribution >= 0.6 is 0 Å². The van der Waals surface area contributed by atoms with Gasteiger partial charge in [-0.15, -0.1) is 0 Å². The number of fused-ring (bicyclic) bond motifs is 1. The van der Waals surface area contributed by atoms with Gasteiger partial charge >= 0.3 is 11.7 Å². The van der Waals surface area contributed by atoms with E-state index in [1.165, 1.54) is 11.7 Å². The maximum atomic E-state index is 11.9. The SMILES string of the molecule is COC(=O)Cn1c(=O)[nH]c2cc(Nc3ccccc3)ccc21. The lowest BCUT2D eigenvalue weighted by molar-refractivity contribution is -0.141. The summed E-state index contributed by atoms with van der Waals surface area (Å²) in [5.41, 5.74) is 2.80. The number of esters is 1. The Kier molecular flexibility index (Phi) is 3.65. The number of para-hydroxylation sites is 1. The molecule has 0 aliphatic rings. The number of hydrogen-bond donors (Lipinski definition) is 2. The Bertz CT molecular complexity index is 865. The summed E-state index contributed by atoms with van der Waals surface area (Å²) >= 11 is 0. The molecule has 6 nitrogen and oxygen atoms in total. The van der Waals surface area contributed by atoms with E-state index in [1.54, 1.807) is 6.07 Å². The molecule has 2 N–H and O–H groups in total. The highest BCUT2D eigenvalue weighted by molar-refractivity contribution is 5.82. The molecule has 0 fully saturated rings. The van der Waals surface area contributed by atoms with E-state index in [9.17, 15) is 9.59 Å². The highest BCUT2D eigenvalue weighted by Crippen LogP contribution is 2.20. The highest BCUT2D eigenvalue weighted by Gasteiger charge is 2.11. The zero-order chi connectivity index (χ0) is 15.5. The van der Waals surface area contributed by atoms with Crippen molar-refractivity contribution in [2.45, 2.75) is 6.54 Å². The molecule has 0 saturated heterocycles. The maximum Gasteiger partial charge on any atom is 0.327 e. The molecule has 3 rings (SSSR count). The molecule has 3 aromatic rings. The third-order valence-corrected chi connectivity index (χ3v) is 3.35. The number of imidazole rings is 1. The predicted molar refractivity (Wildman–Crippen MR) is 84.3 cm³/mol. The lowest BCUT2D eigenvalue weighted by Crippen LogP contribution is -2.22. The van der Waals surface area contributed by atoms with Crippen molar-refractivity contribution in [2.75, 3.05) is 12.4 Å². The van der Waals surface area contributed by atoms with Gasteiger partial charge in [0.25, 0.3) is 0 Å². The number of H-pyrrole nitrogens is 1. The lowest BCUT2D eigenvalue weighted by atomic mass is 10.2. The van der Waals surface area contributed by atoms with E-state index in [1.807, 2.05) is 42.5 Å². The van der Waals surface area contributed by atoms with Gasteiger partial charge in [-0.3, -0.25) is 9.36 Å². The summed E-state index contributed by atoms with van der Waals surface area (Å²) in [6, 6.07) is 15.2. The van der Waals surface area contributed by atoms with Crippen molar-refractivity contribution in [3.63, 3.8) is 0 Å². The minimum atomic E-state index is -0.463. The Morgan fingerprint density at radius 2 is 1.95 bits per heavy atom. The van der Waals surface area contributed by atoms with Crippen LogP contribution in [0.5, 0.6) is 0 Å². The van der Waals surface area contributed by atoms with Crippen LogP contribution in [0.15, 0.2) is 53.3 Å². The van der Waals surface area contributed by atoms with Crippen LogP contribution in [-0.4, -0.2) is 22.6 Å². The van der Waals surface area contributed by atoms with Gasteiger partial charge in [0.05, 0.1) is 18.1 Å². The third-order valence-electron chi connectivity index (χ3n) is 3.35. The van der Waals surface area contributed by atoms with Crippen molar-refractivity contribution in [1.82, 2.24) is 9.55 Å². The maximum absolute atomic E-state index is 11.9. The van der Waals surface area contributed by atoms with E-state index < -0.39 is 5.97 Å². The first-order valence-electron chi connectivity index (χ1n) is 6.79. The summed E-state index contributed by atoms with van der Waals surface area (Å²) in [4.78, 5) is 26.1. The van der Waals surface area contributed by atoms with E-state index in [-0.39, 0.29) is 12.2 Å². The molecule has 0 bridgehead atoms. The number of aromatic amines is 1. The average molecular weight is 297 g/mol. The lowest BCUT2D eigenvalue weighted by Gasteiger charge is -2.06. The Hall–Kier alpha value is -3.02. The molecule has 0 atom stereocenters. The smallest absolute Gasteiger partial charge is 0.327 e. The van der Waals surface area contributed by atoms with E-state index >= 15 is 0 Å². The van der Waals surface area contributed by atoms with Gasteiger partial charge < -0.3 is 15.0 Å². The van der Waals surface area contributed by atoms with Gasteiger partial charge in [0.15, 0.2) is 0 Å². The number of nitrogens with one attached hydrogen (secondary N) is 2. The van der Waals surface area contributed by atoms with Gasteiger partial charge in [-0.25, -0.2) is 4.79 Å². The summed E-state index contributed by atoms with van der Waals surface area (Å²) in [6.07, 6.45) is 0. The molecule has 112 valence electrons. The second-order valence-electron chi connectivity index (χ2n) is 4.82. The zero-order valence-corrected chi connectivity index (χ0v) is 12.0. The van der Waals surface area contributed by atoms with Crippen LogP contribution in [0.1, 0.15) is 0 Å². The van der Waals surface area contributed by atoms with E-state index in [0.717, 1.165) is 11.4 Å². The van der Waals surface area contributed by atoms with Crippen molar-refractivity contribution in [3.05, 3.63) is 59.0 Å². The molecule has 6 heteroatoms. The van der Waals surface area contributed by atoms with Crippen molar-refractivity contribution >= 4 is 28.4 Å². The molecule has 22 heavy (non-hydrogen) atoms. The number of nitrogens with zero attached hydrogens (tertiary/aromatic N) is 1. The molecular formula is C16H15N3O3. The molecule has 0 amide bonds. The molecule has 0 radical (unpaired) electrons. The normalized spacial score (nSPS) is 10.6. The number of anilines is 2. The first-order chi connectivity index (χ1) is 10.7. The Balaban J connectivity index is 1.94. The summed E-state index contributed by atoms with van der Waals surface area (Å²) in [5.74, 6) is -0.463. The van der Waals surface area contributed by atoms with Gasteiger partial charge in [0.1, 0.15) is 6.54 Å². The highest BCUT2D eigenvalue weighted by atomic mass is 16.5. The molecule has 0 aliphatic heterocycles. The number of methoxy groups -OCH3 is 1. The first kappa shape index (κ1) is 13.9. The molecular weight excluding hydrogens is 282 g/mol.